The third kappa shape index (κ3) is 2.73. The molecule has 0 N–H and O–H groups in total. The molecule has 0 aliphatic carbocycles. The quantitative estimate of drug-likeness (QED) is 0.866. The minimum atomic E-state index is -0.279. The van der Waals surface area contributed by atoms with E-state index in [0.29, 0.717) is 17.3 Å². The lowest BCUT2D eigenvalue weighted by Crippen LogP contribution is -2.20. The Morgan fingerprint density at radius 2 is 2.28 bits per heavy atom. The van der Waals surface area contributed by atoms with Crippen molar-refractivity contribution >= 4 is 27.5 Å². The molecule has 2 aromatic rings. The first-order valence-electron chi connectivity index (χ1n) is 5.30. The molecule has 0 atom stereocenters. The van der Waals surface area contributed by atoms with Crippen LogP contribution < -0.4 is 10.3 Å². The number of aryl methyl sites for hydroxylation is 1. The van der Waals surface area contributed by atoms with Crippen molar-refractivity contribution in [2.45, 2.75) is 13.5 Å². The van der Waals surface area contributed by atoms with Gasteiger partial charge in [-0.25, -0.2) is 4.98 Å². The van der Waals surface area contributed by atoms with Gasteiger partial charge in [0, 0.05) is 23.4 Å². The fraction of sp³-hybridized carbons (Fsp3) is 0.167. The summed E-state index contributed by atoms with van der Waals surface area (Å²) in [4.78, 5) is 15.8. The van der Waals surface area contributed by atoms with Gasteiger partial charge in [0.25, 0.3) is 5.88 Å². The maximum absolute atomic E-state index is 11.9. The van der Waals surface area contributed by atoms with Gasteiger partial charge < -0.3 is 9.30 Å². The summed E-state index contributed by atoms with van der Waals surface area (Å²) in [5.74, 6) is 0.418. The molecule has 94 valence electrons. The first-order valence-corrected chi connectivity index (χ1v) is 6.47. The van der Waals surface area contributed by atoms with Gasteiger partial charge in [-0.05, 0) is 25.1 Å². The second-order valence-corrected chi connectivity index (χ2v) is 4.82. The molecule has 0 saturated heterocycles. The average molecular weight is 330 g/mol. The van der Waals surface area contributed by atoms with Crippen LogP contribution in [0.2, 0.25) is 5.02 Å². The fourth-order valence-corrected chi connectivity index (χ4v) is 2.12. The Bertz CT molecular complexity index is 628. The molecule has 0 unspecified atom stereocenters. The van der Waals surface area contributed by atoms with Crippen molar-refractivity contribution < 1.29 is 4.74 Å². The monoisotopic (exact) mass is 328 g/mol. The SMILES string of the molecule is CCn1ccnc(Oc2ccc(Br)cc2Cl)c1=O. The third-order valence-corrected chi connectivity index (χ3v) is 3.11. The Balaban J connectivity index is 2.37. The van der Waals surface area contributed by atoms with Crippen molar-refractivity contribution in [1.29, 1.82) is 0 Å². The molecule has 4 nitrogen and oxygen atoms in total. The van der Waals surface area contributed by atoms with E-state index in [1.165, 1.54) is 10.8 Å². The van der Waals surface area contributed by atoms with Crippen molar-refractivity contribution in [1.82, 2.24) is 9.55 Å². The van der Waals surface area contributed by atoms with Crippen molar-refractivity contribution in [3.63, 3.8) is 0 Å². The summed E-state index contributed by atoms with van der Waals surface area (Å²) in [7, 11) is 0. The Morgan fingerprint density at radius 1 is 1.50 bits per heavy atom. The first-order chi connectivity index (χ1) is 8.61. The lowest BCUT2D eigenvalue weighted by atomic mass is 10.3. The third-order valence-electron chi connectivity index (χ3n) is 2.32. The van der Waals surface area contributed by atoms with Gasteiger partial charge in [-0.1, -0.05) is 27.5 Å². The summed E-state index contributed by atoms with van der Waals surface area (Å²) in [5.41, 5.74) is -0.279. The summed E-state index contributed by atoms with van der Waals surface area (Å²) in [6.07, 6.45) is 3.13. The molecule has 6 heteroatoms. The van der Waals surface area contributed by atoms with Crippen LogP contribution in [0.25, 0.3) is 0 Å². The van der Waals surface area contributed by atoms with E-state index in [4.69, 9.17) is 16.3 Å². The maximum Gasteiger partial charge on any atom is 0.313 e. The van der Waals surface area contributed by atoms with Gasteiger partial charge in [-0.3, -0.25) is 4.79 Å². The van der Waals surface area contributed by atoms with E-state index in [1.807, 2.05) is 6.92 Å². The topological polar surface area (TPSA) is 44.1 Å². The van der Waals surface area contributed by atoms with E-state index >= 15 is 0 Å². The lowest BCUT2D eigenvalue weighted by molar-refractivity contribution is 0.445. The molecule has 1 aromatic carbocycles. The van der Waals surface area contributed by atoms with Crippen LogP contribution in [0.3, 0.4) is 0 Å². The number of halogens is 2. The average Bonchev–Trinajstić information content (AvgIpc) is 2.35. The molecule has 0 saturated carbocycles. The summed E-state index contributed by atoms with van der Waals surface area (Å²) >= 11 is 9.31. The molecule has 1 aromatic heterocycles. The predicted molar refractivity (Wildman–Crippen MR) is 73.4 cm³/mol. The number of ether oxygens (including phenoxy) is 1. The van der Waals surface area contributed by atoms with Crippen LogP contribution in [0, 0.1) is 0 Å². The zero-order valence-electron chi connectivity index (χ0n) is 9.56. The normalized spacial score (nSPS) is 10.4. The summed E-state index contributed by atoms with van der Waals surface area (Å²) < 4.78 is 7.79. The van der Waals surface area contributed by atoms with E-state index in [1.54, 1.807) is 24.4 Å². The van der Waals surface area contributed by atoms with Crippen molar-refractivity contribution in [3.8, 4) is 11.6 Å². The van der Waals surface area contributed by atoms with Crippen LogP contribution in [0.4, 0.5) is 0 Å². The van der Waals surface area contributed by atoms with E-state index in [0.717, 1.165) is 4.47 Å². The molecule has 0 spiro atoms. The number of aromatic nitrogens is 2. The van der Waals surface area contributed by atoms with Crippen molar-refractivity contribution in [2.75, 3.05) is 0 Å². The number of hydrogen-bond donors (Lipinski definition) is 0. The van der Waals surface area contributed by atoms with Crippen LogP contribution in [-0.2, 0) is 6.54 Å². The molecule has 2 rings (SSSR count). The maximum atomic E-state index is 11.9. The minimum Gasteiger partial charge on any atom is -0.433 e. The fourth-order valence-electron chi connectivity index (χ4n) is 1.41. The largest absolute Gasteiger partial charge is 0.433 e. The van der Waals surface area contributed by atoms with Crippen LogP contribution in [0.1, 0.15) is 6.92 Å². The van der Waals surface area contributed by atoms with Crippen LogP contribution in [-0.4, -0.2) is 9.55 Å². The smallest absolute Gasteiger partial charge is 0.313 e. The Hall–Kier alpha value is -1.33. The van der Waals surface area contributed by atoms with E-state index in [9.17, 15) is 4.79 Å². The summed E-state index contributed by atoms with van der Waals surface area (Å²) in [6.45, 7) is 2.43. The molecule has 0 aliphatic heterocycles. The van der Waals surface area contributed by atoms with Crippen LogP contribution in [0.5, 0.6) is 11.6 Å². The molecule has 18 heavy (non-hydrogen) atoms. The van der Waals surface area contributed by atoms with E-state index in [-0.39, 0.29) is 11.4 Å². The van der Waals surface area contributed by atoms with Gasteiger partial charge in [0.2, 0.25) is 0 Å². The van der Waals surface area contributed by atoms with Crippen LogP contribution >= 0.6 is 27.5 Å². The first kappa shape index (κ1) is 13.1. The zero-order valence-corrected chi connectivity index (χ0v) is 11.9. The standard InChI is InChI=1S/C12H10BrClN2O2/c1-2-16-6-5-15-11(12(16)17)18-10-4-3-8(13)7-9(10)14/h3-7H,2H2,1H3. The van der Waals surface area contributed by atoms with Gasteiger partial charge in [0.05, 0.1) is 5.02 Å². The molecule has 0 fully saturated rings. The second-order valence-electron chi connectivity index (χ2n) is 3.50. The van der Waals surface area contributed by atoms with Gasteiger partial charge in [0.1, 0.15) is 5.75 Å². The Kier molecular flexibility index (Phi) is 4.04. The van der Waals surface area contributed by atoms with Crippen LogP contribution in [0.15, 0.2) is 39.9 Å². The van der Waals surface area contributed by atoms with E-state index < -0.39 is 0 Å². The highest BCUT2D eigenvalue weighted by Crippen LogP contribution is 2.29. The molecule has 0 radical (unpaired) electrons. The van der Waals surface area contributed by atoms with Gasteiger partial charge in [-0.15, -0.1) is 0 Å². The molecule has 1 heterocycles. The molecule has 0 bridgehead atoms. The molecular formula is C12H10BrClN2O2. The molecule has 0 amide bonds. The number of benzene rings is 1. The van der Waals surface area contributed by atoms with Gasteiger partial charge in [0.15, 0.2) is 0 Å². The predicted octanol–water partition coefficient (Wildman–Crippen LogP) is 3.47. The highest BCUT2D eigenvalue weighted by Gasteiger charge is 2.09. The second kappa shape index (κ2) is 5.54. The number of rotatable bonds is 3. The van der Waals surface area contributed by atoms with E-state index in [2.05, 4.69) is 20.9 Å². The van der Waals surface area contributed by atoms with Crippen molar-refractivity contribution in [3.05, 3.63) is 50.4 Å². The Labute approximate surface area is 117 Å². The molecule has 0 aliphatic rings. The molecular weight excluding hydrogens is 320 g/mol. The Morgan fingerprint density at radius 3 is 2.94 bits per heavy atom. The summed E-state index contributed by atoms with van der Waals surface area (Å²) in [5, 5.41) is 0.414. The zero-order chi connectivity index (χ0) is 13.1. The minimum absolute atomic E-state index is 0.0172. The highest BCUT2D eigenvalue weighted by atomic mass is 79.9. The summed E-state index contributed by atoms with van der Waals surface area (Å²) in [6, 6.07) is 5.15. The van der Waals surface area contributed by atoms with Gasteiger partial charge >= 0.3 is 5.56 Å². The number of nitrogens with zero attached hydrogens (tertiary/aromatic N) is 2. The van der Waals surface area contributed by atoms with Crippen molar-refractivity contribution in [2.24, 2.45) is 0 Å². The number of hydrogen-bond acceptors (Lipinski definition) is 3. The highest BCUT2D eigenvalue weighted by molar-refractivity contribution is 9.10. The lowest BCUT2D eigenvalue weighted by Gasteiger charge is -2.08. The van der Waals surface area contributed by atoms with Gasteiger partial charge in [-0.2, -0.15) is 0 Å².